The molecule has 8 heavy (non-hydrogen) atoms. The first-order valence-electron chi connectivity index (χ1n) is 3.17. The van der Waals surface area contributed by atoms with Crippen molar-refractivity contribution in [1.29, 1.82) is 0 Å². The second-order valence-electron chi connectivity index (χ2n) is 2.09. The highest BCUT2D eigenvalue weighted by Crippen LogP contribution is 2.21. The molecule has 0 amide bonds. The molecular weight excluding hydrogens is 100 g/mol. The van der Waals surface area contributed by atoms with Crippen LogP contribution in [0, 0.1) is 13.3 Å². The first-order valence-corrected chi connectivity index (χ1v) is 3.17. The molecule has 1 fully saturated rings. The van der Waals surface area contributed by atoms with Gasteiger partial charge in [-0.2, -0.15) is 0 Å². The van der Waals surface area contributed by atoms with Gasteiger partial charge in [0.25, 0.3) is 0 Å². The van der Waals surface area contributed by atoms with E-state index < -0.39 is 0 Å². The van der Waals surface area contributed by atoms with Crippen molar-refractivity contribution < 1.29 is 4.74 Å². The van der Waals surface area contributed by atoms with Gasteiger partial charge in [0, 0.05) is 6.61 Å². The van der Waals surface area contributed by atoms with Crippen LogP contribution >= 0.6 is 0 Å². The van der Waals surface area contributed by atoms with Gasteiger partial charge in [-0.3, -0.25) is 0 Å². The summed E-state index contributed by atoms with van der Waals surface area (Å²) in [4.78, 5) is 0. The van der Waals surface area contributed by atoms with E-state index in [1.807, 2.05) is 0 Å². The summed E-state index contributed by atoms with van der Waals surface area (Å²) in [6.07, 6.45) is 5.93. The Morgan fingerprint density at radius 1 is 1.75 bits per heavy atom. The molecule has 0 saturated heterocycles. The van der Waals surface area contributed by atoms with Crippen LogP contribution in [0.1, 0.15) is 19.3 Å². The molecular formula is C7H12O. The predicted octanol–water partition coefficient (Wildman–Crippen LogP) is 1.59. The van der Waals surface area contributed by atoms with Crippen LogP contribution < -0.4 is 0 Å². The Labute approximate surface area is 51.0 Å². The van der Waals surface area contributed by atoms with E-state index in [1.54, 1.807) is 0 Å². The van der Waals surface area contributed by atoms with Gasteiger partial charge in [-0.25, -0.2) is 0 Å². The molecule has 1 aliphatic rings. The second-order valence-corrected chi connectivity index (χ2v) is 2.09. The summed E-state index contributed by atoms with van der Waals surface area (Å²) in [5, 5.41) is 0. The summed E-state index contributed by atoms with van der Waals surface area (Å²) in [5.41, 5.74) is 0. The van der Waals surface area contributed by atoms with E-state index in [0.29, 0.717) is 6.10 Å². The Bertz CT molecular complexity index is 57.4. The van der Waals surface area contributed by atoms with Gasteiger partial charge >= 0.3 is 0 Å². The number of rotatable bonds is 4. The smallest absolute Gasteiger partial charge is 0.0611 e. The number of hydrogen-bond acceptors (Lipinski definition) is 1. The average molecular weight is 112 g/mol. The van der Waals surface area contributed by atoms with Crippen molar-refractivity contribution in [3.8, 4) is 0 Å². The normalized spacial score (nSPS) is 19.1. The monoisotopic (exact) mass is 112 g/mol. The number of hydrogen-bond donors (Lipinski definition) is 0. The molecule has 0 N–H and O–H groups in total. The van der Waals surface area contributed by atoms with Crippen molar-refractivity contribution in [2.75, 3.05) is 6.61 Å². The minimum atomic E-state index is 0.501. The van der Waals surface area contributed by atoms with E-state index in [9.17, 15) is 0 Å². The third kappa shape index (κ3) is 2.31. The third-order valence-corrected chi connectivity index (χ3v) is 1.15. The maximum atomic E-state index is 5.30. The van der Waals surface area contributed by atoms with Crippen LogP contribution in [0.4, 0.5) is 0 Å². The van der Waals surface area contributed by atoms with Crippen LogP contribution in [0.25, 0.3) is 0 Å². The molecule has 1 nitrogen and oxygen atoms in total. The zero-order valence-electron chi connectivity index (χ0n) is 5.10. The van der Waals surface area contributed by atoms with Gasteiger partial charge in [0.05, 0.1) is 6.10 Å². The summed E-state index contributed by atoms with van der Waals surface area (Å²) in [7, 11) is 0. The SMILES string of the molecule is [CH2]CCCOC1[CH]C1. The van der Waals surface area contributed by atoms with E-state index in [4.69, 9.17) is 4.74 Å². The molecule has 0 aliphatic heterocycles. The van der Waals surface area contributed by atoms with Crippen LogP contribution in [-0.2, 0) is 4.74 Å². The summed E-state index contributed by atoms with van der Waals surface area (Å²) in [5.74, 6) is 0. The standard InChI is InChI=1S/C7H12O/c1-2-3-6-8-7-4-5-7/h4,7H,1-3,5-6H2. The Hall–Kier alpha value is -0.0400. The van der Waals surface area contributed by atoms with E-state index in [-0.39, 0.29) is 0 Å². The fourth-order valence-electron chi connectivity index (χ4n) is 0.528. The zero-order valence-corrected chi connectivity index (χ0v) is 5.10. The van der Waals surface area contributed by atoms with Crippen molar-refractivity contribution in [2.45, 2.75) is 25.4 Å². The van der Waals surface area contributed by atoms with Gasteiger partial charge in [0.15, 0.2) is 0 Å². The highest BCUT2D eigenvalue weighted by Gasteiger charge is 2.21. The molecule has 0 aromatic heterocycles. The predicted molar refractivity (Wildman–Crippen MR) is 33.2 cm³/mol. The summed E-state index contributed by atoms with van der Waals surface area (Å²) in [6, 6.07) is 0. The Balaban J connectivity index is 1.74. The van der Waals surface area contributed by atoms with E-state index in [2.05, 4.69) is 13.3 Å². The van der Waals surface area contributed by atoms with Gasteiger partial charge in [0.1, 0.15) is 0 Å². The molecule has 0 aromatic carbocycles. The highest BCUT2D eigenvalue weighted by atomic mass is 16.5. The minimum Gasteiger partial charge on any atom is -0.378 e. The molecule has 2 radical (unpaired) electrons. The van der Waals surface area contributed by atoms with E-state index in [0.717, 1.165) is 25.9 Å². The van der Waals surface area contributed by atoms with Crippen LogP contribution in [0.15, 0.2) is 0 Å². The molecule has 0 heterocycles. The van der Waals surface area contributed by atoms with E-state index >= 15 is 0 Å². The summed E-state index contributed by atoms with van der Waals surface area (Å²) >= 11 is 0. The molecule has 0 spiro atoms. The molecule has 0 bridgehead atoms. The van der Waals surface area contributed by atoms with Crippen molar-refractivity contribution in [3.05, 3.63) is 13.3 Å². The molecule has 1 unspecified atom stereocenters. The number of unbranched alkanes of at least 4 members (excludes halogenated alkanes) is 1. The van der Waals surface area contributed by atoms with Gasteiger partial charge in [-0.1, -0.05) is 13.3 Å². The minimum absolute atomic E-state index is 0.501. The lowest BCUT2D eigenvalue weighted by molar-refractivity contribution is 0.125. The summed E-state index contributed by atoms with van der Waals surface area (Å²) < 4.78 is 5.30. The topological polar surface area (TPSA) is 9.23 Å². The quantitative estimate of drug-likeness (QED) is 0.502. The maximum absolute atomic E-state index is 5.30. The van der Waals surface area contributed by atoms with Gasteiger partial charge in [0.2, 0.25) is 0 Å². The first-order chi connectivity index (χ1) is 3.93. The molecule has 0 aromatic rings. The molecule has 1 saturated carbocycles. The van der Waals surface area contributed by atoms with Crippen molar-refractivity contribution in [3.63, 3.8) is 0 Å². The van der Waals surface area contributed by atoms with Gasteiger partial charge in [-0.05, 0) is 19.3 Å². The Morgan fingerprint density at radius 2 is 2.50 bits per heavy atom. The Kier molecular flexibility index (Phi) is 2.34. The van der Waals surface area contributed by atoms with Crippen molar-refractivity contribution >= 4 is 0 Å². The van der Waals surface area contributed by atoms with Crippen LogP contribution in [0.5, 0.6) is 0 Å². The summed E-state index contributed by atoms with van der Waals surface area (Å²) in [6.45, 7) is 4.61. The zero-order chi connectivity index (χ0) is 5.82. The molecule has 46 valence electrons. The fraction of sp³-hybridized carbons (Fsp3) is 0.714. The second kappa shape index (κ2) is 3.08. The Morgan fingerprint density at radius 3 is 3.00 bits per heavy atom. The lowest BCUT2D eigenvalue weighted by Gasteiger charge is -1.96. The van der Waals surface area contributed by atoms with Crippen molar-refractivity contribution in [1.82, 2.24) is 0 Å². The molecule has 1 atom stereocenters. The molecule has 1 heteroatoms. The van der Waals surface area contributed by atoms with Gasteiger partial charge < -0.3 is 4.74 Å². The van der Waals surface area contributed by atoms with Crippen molar-refractivity contribution in [2.24, 2.45) is 0 Å². The van der Waals surface area contributed by atoms with E-state index in [1.165, 1.54) is 0 Å². The molecule has 1 aliphatic carbocycles. The largest absolute Gasteiger partial charge is 0.378 e. The maximum Gasteiger partial charge on any atom is 0.0611 e. The third-order valence-electron chi connectivity index (χ3n) is 1.15. The van der Waals surface area contributed by atoms with Crippen LogP contribution in [-0.4, -0.2) is 12.7 Å². The van der Waals surface area contributed by atoms with Crippen LogP contribution in [0.3, 0.4) is 0 Å². The lowest BCUT2D eigenvalue weighted by Crippen LogP contribution is -1.94. The first kappa shape index (κ1) is 6.09. The lowest BCUT2D eigenvalue weighted by atomic mass is 10.4. The highest BCUT2D eigenvalue weighted by molar-refractivity contribution is 4.96. The van der Waals surface area contributed by atoms with Crippen LogP contribution in [0.2, 0.25) is 0 Å². The number of ether oxygens (including phenoxy) is 1. The fourth-order valence-corrected chi connectivity index (χ4v) is 0.528. The molecule has 1 rings (SSSR count). The average Bonchev–Trinajstić information content (AvgIpc) is 2.51. The van der Waals surface area contributed by atoms with Gasteiger partial charge in [-0.15, -0.1) is 0 Å².